The van der Waals surface area contributed by atoms with Crippen molar-refractivity contribution in [3.8, 4) is 5.75 Å². The number of fused-ring (bicyclic) bond motifs is 1. The summed E-state index contributed by atoms with van der Waals surface area (Å²) in [6.07, 6.45) is 1.88. The third-order valence-corrected chi connectivity index (χ3v) is 5.85. The molecule has 4 rings (SSSR count). The fourth-order valence-electron chi connectivity index (χ4n) is 3.17. The molecule has 0 atom stereocenters. The van der Waals surface area contributed by atoms with E-state index in [4.69, 9.17) is 17.0 Å². The van der Waals surface area contributed by atoms with Crippen LogP contribution in [-0.4, -0.2) is 28.9 Å². The number of rotatable bonds is 7. The number of carbonyl (C=O) groups is 1. The predicted molar refractivity (Wildman–Crippen MR) is 137 cm³/mol. The van der Waals surface area contributed by atoms with Gasteiger partial charge in [0.1, 0.15) is 5.75 Å². The summed E-state index contributed by atoms with van der Waals surface area (Å²) in [5.41, 5.74) is 3.38. The average Bonchev–Trinajstić information content (AvgIpc) is 3.26. The third kappa shape index (κ3) is 5.60. The van der Waals surface area contributed by atoms with E-state index < -0.39 is 0 Å². The Kier molecular flexibility index (Phi) is 6.94. The van der Waals surface area contributed by atoms with E-state index in [1.54, 1.807) is 7.11 Å². The molecule has 1 aromatic heterocycles. The molecule has 0 aliphatic heterocycles. The van der Waals surface area contributed by atoms with Crippen LogP contribution in [0.4, 0.5) is 17.1 Å². The lowest BCUT2D eigenvalue weighted by Crippen LogP contribution is -2.19. The maximum atomic E-state index is 12.4. The first-order chi connectivity index (χ1) is 15.6. The molecule has 0 spiro atoms. The molecule has 3 aromatic carbocycles. The zero-order chi connectivity index (χ0) is 22.3. The van der Waals surface area contributed by atoms with Crippen LogP contribution in [0, 0.1) is 0 Å². The Morgan fingerprint density at radius 3 is 2.69 bits per heavy atom. The number of thioether (sulfide) groups is 1. The van der Waals surface area contributed by atoms with E-state index in [9.17, 15) is 4.79 Å². The summed E-state index contributed by atoms with van der Waals surface area (Å²) in [5, 5.41) is 10.8. The zero-order valence-electron chi connectivity index (χ0n) is 17.3. The SMILES string of the molecule is COc1ccccc1NC(=S)Nc1cccc(SCC(=O)Nc2ccc3cc[nH]c3c2)c1. The van der Waals surface area contributed by atoms with Gasteiger partial charge in [0.05, 0.1) is 18.6 Å². The van der Waals surface area contributed by atoms with Gasteiger partial charge in [-0.15, -0.1) is 11.8 Å². The van der Waals surface area contributed by atoms with Gasteiger partial charge in [-0.05, 0) is 66.1 Å². The van der Waals surface area contributed by atoms with E-state index in [0.717, 1.165) is 32.9 Å². The monoisotopic (exact) mass is 462 g/mol. The quantitative estimate of drug-likeness (QED) is 0.208. The summed E-state index contributed by atoms with van der Waals surface area (Å²) in [4.78, 5) is 16.5. The molecule has 4 aromatic rings. The lowest BCUT2D eigenvalue weighted by molar-refractivity contribution is -0.113. The fraction of sp³-hybridized carbons (Fsp3) is 0.0833. The number of hydrogen-bond donors (Lipinski definition) is 4. The van der Waals surface area contributed by atoms with Gasteiger partial charge in [0.2, 0.25) is 5.91 Å². The van der Waals surface area contributed by atoms with Gasteiger partial charge < -0.3 is 25.7 Å². The second-order valence-corrected chi connectivity index (χ2v) is 8.38. The van der Waals surface area contributed by atoms with Crippen LogP contribution in [-0.2, 0) is 4.79 Å². The number of amides is 1. The zero-order valence-corrected chi connectivity index (χ0v) is 19.0. The van der Waals surface area contributed by atoms with Gasteiger partial charge in [-0.2, -0.15) is 0 Å². The summed E-state index contributed by atoms with van der Waals surface area (Å²) in [7, 11) is 1.62. The van der Waals surface area contributed by atoms with E-state index in [1.807, 2.05) is 79.0 Å². The molecule has 0 saturated heterocycles. The van der Waals surface area contributed by atoms with Gasteiger partial charge in [-0.25, -0.2) is 0 Å². The minimum absolute atomic E-state index is 0.0624. The minimum atomic E-state index is -0.0624. The molecule has 8 heteroatoms. The van der Waals surface area contributed by atoms with Crippen molar-refractivity contribution in [3.63, 3.8) is 0 Å². The van der Waals surface area contributed by atoms with Crippen LogP contribution < -0.4 is 20.7 Å². The van der Waals surface area contributed by atoms with Crippen LogP contribution in [0.25, 0.3) is 10.9 Å². The molecule has 0 aliphatic carbocycles. The number of carbonyl (C=O) groups excluding carboxylic acids is 1. The Labute approximate surface area is 195 Å². The molecule has 32 heavy (non-hydrogen) atoms. The van der Waals surface area contributed by atoms with Crippen molar-refractivity contribution in [3.05, 3.63) is 79.0 Å². The maximum absolute atomic E-state index is 12.4. The van der Waals surface area contributed by atoms with Crippen LogP contribution in [0.1, 0.15) is 0 Å². The second kappa shape index (κ2) is 10.2. The highest BCUT2D eigenvalue weighted by molar-refractivity contribution is 8.00. The summed E-state index contributed by atoms with van der Waals surface area (Å²) >= 11 is 6.88. The third-order valence-electron chi connectivity index (χ3n) is 4.66. The number of aromatic amines is 1. The lowest BCUT2D eigenvalue weighted by atomic mass is 10.2. The summed E-state index contributed by atoms with van der Waals surface area (Å²) < 4.78 is 5.34. The maximum Gasteiger partial charge on any atom is 0.234 e. The van der Waals surface area contributed by atoms with Gasteiger partial charge in [-0.1, -0.05) is 24.3 Å². The first-order valence-corrected chi connectivity index (χ1v) is 11.3. The number of para-hydroxylation sites is 2. The first kappa shape index (κ1) is 21.7. The van der Waals surface area contributed by atoms with Gasteiger partial charge in [0, 0.05) is 28.0 Å². The molecule has 0 unspecified atom stereocenters. The Balaban J connectivity index is 1.31. The number of methoxy groups -OCH3 is 1. The van der Waals surface area contributed by atoms with E-state index in [0.29, 0.717) is 16.6 Å². The molecule has 0 radical (unpaired) electrons. The van der Waals surface area contributed by atoms with Gasteiger partial charge >= 0.3 is 0 Å². The molecule has 0 saturated carbocycles. The number of aromatic nitrogens is 1. The fourth-order valence-corrected chi connectivity index (χ4v) is 4.15. The van der Waals surface area contributed by atoms with Crippen molar-refractivity contribution in [2.45, 2.75) is 4.90 Å². The molecule has 4 N–H and O–H groups in total. The molecular weight excluding hydrogens is 440 g/mol. The van der Waals surface area contributed by atoms with Crippen molar-refractivity contribution < 1.29 is 9.53 Å². The van der Waals surface area contributed by atoms with Crippen LogP contribution in [0.15, 0.2) is 83.9 Å². The second-order valence-electron chi connectivity index (χ2n) is 6.92. The van der Waals surface area contributed by atoms with Crippen LogP contribution in [0.5, 0.6) is 5.75 Å². The molecular formula is C24H22N4O2S2. The normalized spacial score (nSPS) is 10.5. The molecule has 1 amide bonds. The Morgan fingerprint density at radius 2 is 1.81 bits per heavy atom. The standard InChI is InChI=1S/C24H22N4O2S2/c1-30-22-8-3-2-7-20(22)28-24(31)27-17-5-4-6-19(13-17)32-15-23(29)26-18-10-9-16-11-12-25-21(16)14-18/h2-14,25H,15H2,1H3,(H,26,29)(H2,27,28,31). The molecule has 0 bridgehead atoms. The molecule has 0 aliphatic rings. The number of benzene rings is 3. The van der Waals surface area contributed by atoms with Crippen LogP contribution in [0.2, 0.25) is 0 Å². The van der Waals surface area contributed by atoms with Crippen molar-refractivity contribution >= 4 is 63.0 Å². The Hall–Kier alpha value is -3.49. The van der Waals surface area contributed by atoms with Gasteiger partial charge in [0.15, 0.2) is 5.11 Å². The number of ether oxygens (including phenoxy) is 1. The van der Waals surface area contributed by atoms with E-state index in [2.05, 4.69) is 20.9 Å². The molecule has 162 valence electrons. The lowest BCUT2D eigenvalue weighted by Gasteiger charge is -2.13. The van der Waals surface area contributed by atoms with Crippen molar-refractivity contribution in [1.29, 1.82) is 0 Å². The summed E-state index contributed by atoms with van der Waals surface area (Å²) in [6.45, 7) is 0. The Bertz CT molecular complexity index is 1260. The molecule has 1 heterocycles. The summed E-state index contributed by atoms with van der Waals surface area (Å²) in [6, 6.07) is 23.1. The van der Waals surface area contributed by atoms with Gasteiger partial charge in [-0.3, -0.25) is 4.79 Å². The topological polar surface area (TPSA) is 78.2 Å². The number of anilines is 3. The van der Waals surface area contributed by atoms with E-state index in [-0.39, 0.29) is 5.91 Å². The average molecular weight is 463 g/mol. The summed E-state index contributed by atoms with van der Waals surface area (Å²) in [5.74, 6) is 0.950. The van der Waals surface area contributed by atoms with Crippen molar-refractivity contribution in [1.82, 2.24) is 4.98 Å². The van der Waals surface area contributed by atoms with Crippen molar-refractivity contribution in [2.24, 2.45) is 0 Å². The molecule has 6 nitrogen and oxygen atoms in total. The van der Waals surface area contributed by atoms with Crippen LogP contribution in [0.3, 0.4) is 0 Å². The largest absolute Gasteiger partial charge is 0.495 e. The number of H-pyrrole nitrogens is 1. The number of hydrogen-bond acceptors (Lipinski definition) is 4. The number of thiocarbonyl (C=S) groups is 1. The molecule has 0 fully saturated rings. The van der Waals surface area contributed by atoms with E-state index in [1.165, 1.54) is 11.8 Å². The van der Waals surface area contributed by atoms with Gasteiger partial charge in [0.25, 0.3) is 0 Å². The van der Waals surface area contributed by atoms with Crippen LogP contribution >= 0.6 is 24.0 Å². The van der Waals surface area contributed by atoms with E-state index >= 15 is 0 Å². The highest BCUT2D eigenvalue weighted by Crippen LogP contribution is 2.25. The highest BCUT2D eigenvalue weighted by atomic mass is 32.2. The highest BCUT2D eigenvalue weighted by Gasteiger charge is 2.07. The van der Waals surface area contributed by atoms with Crippen molar-refractivity contribution in [2.75, 3.05) is 28.8 Å². The minimum Gasteiger partial charge on any atom is -0.495 e. The smallest absolute Gasteiger partial charge is 0.234 e. The number of nitrogens with one attached hydrogen (secondary N) is 4. The predicted octanol–water partition coefficient (Wildman–Crippen LogP) is 5.72. The Morgan fingerprint density at radius 1 is 0.969 bits per heavy atom. The first-order valence-electron chi connectivity index (χ1n) is 9.91.